The molecule has 0 aromatic rings. The Balaban J connectivity index is 2.87. The van der Waals surface area contributed by atoms with Gasteiger partial charge in [0, 0.05) is 19.6 Å². The quantitative estimate of drug-likeness (QED) is 0.772. The van der Waals surface area contributed by atoms with E-state index in [0.717, 1.165) is 6.42 Å². The molecule has 0 saturated carbocycles. The lowest BCUT2D eigenvalue weighted by molar-refractivity contribution is -0.138. The van der Waals surface area contributed by atoms with Crippen LogP contribution >= 0.6 is 0 Å². The molecule has 20 heavy (non-hydrogen) atoms. The molecule has 116 valence electrons. The lowest BCUT2D eigenvalue weighted by Crippen LogP contribution is -2.51. The summed E-state index contributed by atoms with van der Waals surface area (Å²) in [5.74, 6) is 0.315. The first kappa shape index (κ1) is 17.0. The fourth-order valence-corrected chi connectivity index (χ4v) is 2.56. The average molecular weight is 284 g/mol. The zero-order valence-electron chi connectivity index (χ0n) is 13.1. The van der Waals surface area contributed by atoms with Gasteiger partial charge in [-0.1, -0.05) is 27.2 Å². The fourth-order valence-electron chi connectivity index (χ4n) is 2.56. The number of rotatable bonds is 7. The van der Waals surface area contributed by atoms with E-state index < -0.39 is 0 Å². The van der Waals surface area contributed by atoms with Crippen molar-refractivity contribution in [3.63, 3.8) is 0 Å². The van der Waals surface area contributed by atoms with Crippen LogP contribution in [0.4, 0.5) is 0 Å². The van der Waals surface area contributed by atoms with E-state index >= 15 is 0 Å². The molecule has 1 aliphatic rings. The number of carbonyl (C=O) groups excluding carboxylic acids is 2. The van der Waals surface area contributed by atoms with Gasteiger partial charge in [-0.15, -0.1) is 0 Å². The molecular formula is C15H28N2O3. The number of amides is 2. The summed E-state index contributed by atoms with van der Waals surface area (Å²) < 4.78 is 5.52. The van der Waals surface area contributed by atoms with Crippen LogP contribution in [0.5, 0.6) is 0 Å². The van der Waals surface area contributed by atoms with E-state index in [4.69, 9.17) is 4.74 Å². The summed E-state index contributed by atoms with van der Waals surface area (Å²) >= 11 is 0. The molecule has 5 heteroatoms. The van der Waals surface area contributed by atoms with Gasteiger partial charge in [0.05, 0.1) is 12.6 Å². The number of nitrogens with zero attached hydrogens (tertiary/aromatic N) is 1. The Morgan fingerprint density at radius 3 is 2.60 bits per heavy atom. The van der Waals surface area contributed by atoms with E-state index in [1.54, 1.807) is 0 Å². The molecule has 0 spiro atoms. The Bertz CT molecular complexity index is 331. The Hall–Kier alpha value is -1.10. The van der Waals surface area contributed by atoms with E-state index in [-0.39, 0.29) is 23.9 Å². The molecule has 0 aromatic heterocycles. The number of ether oxygens (including phenoxy) is 1. The summed E-state index contributed by atoms with van der Waals surface area (Å²) in [6.45, 7) is 9.81. The van der Waals surface area contributed by atoms with Crippen molar-refractivity contribution in [1.29, 1.82) is 0 Å². The zero-order chi connectivity index (χ0) is 15.1. The largest absolute Gasteiger partial charge is 0.380 e. The fraction of sp³-hybridized carbons (Fsp3) is 0.867. The minimum atomic E-state index is -0.377. The first-order chi connectivity index (χ1) is 9.51. The molecule has 0 aromatic carbocycles. The van der Waals surface area contributed by atoms with Gasteiger partial charge in [0.25, 0.3) is 0 Å². The summed E-state index contributed by atoms with van der Waals surface area (Å²) in [5.41, 5.74) is 0. The second-order valence-electron chi connectivity index (χ2n) is 5.66. The molecule has 5 nitrogen and oxygen atoms in total. The standard InChI is InChI=1S/C15H28N2O3/c1-5-7-12-15(19)17(9-8-14(18)16-12)13(11(3)4)10-20-6-2/h11-13H,5-10H2,1-4H3,(H,16,18). The van der Waals surface area contributed by atoms with Crippen LogP contribution in [0.2, 0.25) is 0 Å². The summed E-state index contributed by atoms with van der Waals surface area (Å²) in [4.78, 5) is 26.2. The molecule has 2 atom stereocenters. The zero-order valence-corrected chi connectivity index (χ0v) is 13.1. The molecule has 1 N–H and O–H groups in total. The second-order valence-corrected chi connectivity index (χ2v) is 5.66. The Kier molecular flexibility index (Phi) is 6.99. The molecule has 2 unspecified atom stereocenters. The van der Waals surface area contributed by atoms with Crippen molar-refractivity contribution in [2.75, 3.05) is 19.8 Å². The highest BCUT2D eigenvalue weighted by Crippen LogP contribution is 2.17. The van der Waals surface area contributed by atoms with E-state index in [0.29, 0.717) is 38.5 Å². The van der Waals surface area contributed by atoms with Crippen LogP contribution in [0.3, 0.4) is 0 Å². The van der Waals surface area contributed by atoms with Gasteiger partial charge in [-0.2, -0.15) is 0 Å². The molecule has 1 heterocycles. The molecular weight excluding hydrogens is 256 g/mol. The average Bonchev–Trinajstić information content (AvgIpc) is 2.52. The number of hydrogen-bond donors (Lipinski definition) is 1. The minimum Gasteiger partial charge on any atom is -0.380 e. The molecule has 1 saturated heterocycles. The van der Waals surface area contributed by atoms with Crippen LogP contribution in [0.1, 0.15) is 47.0 Å². The monoisotopic (exact) mass is 284 g/mol. The van der Waals surface area contributed by atoms with Crippen LogP contribution < -0.4 is 5.32 Å². The van der Waals surface area contributed by atoms with Gasteiger partial charge in [0.2, 0.25) is 11.8 Å². The number of carbonyl (C=O) groups is 2. The summed E-state index contributed by atoms with van der Waals surface area (Å²) in [6.07, 6.45) is 1.95. The highest BCUT2D eigenvalue weighted by atomic mass is 16.5. The molecule has 1 aliphatic heterocycles. The van der Waals surface area contributed by atoms with Crippen molar-refractivity contribution in [3.05, 3.63) is 0 Å². The number of nitrogens with one attached hydrogen (secondary N) is 1. The van der Waals surface area contributed by atoms with Crippen molar-refractivity contribution < 1.29 is 14.3 Å². The second kappa shape index (κ2) is 8.25. The third-order valence-electron chi connectivity index (χ3n) is 3.74. The van der Waals surface area contributed by atoms with Crippen molar-refractivity contribution in [2.24, 2.45) is 5.92 Å². The molecule has 2 amide bonds. The van der Waals surface area contributed by atoms with Crippen molar-refractivity contribution >= 4 is 11.8 Å². The third kappa shape index (κ3) is 4.47. The van der Waals surface area contributed by atoms with Crippen LogP contribution in [0.25, 0.3) is 0 Å². The first-order valence-electron chi connectivity index (χ1n) is 7.68. The minimum absolute atomic E-state index is 0.0294. The first-order valence-corrected chi connectivity index (χ1v) is 7.68. The SMILES string of the molecule is CCCC1NC(=O)CCN(C(COCC)C(C)C)C1=O. The maximum atomic E-state index is 12.6. The lowest BCUT2D eigenvalue weighted by Gasteiger charge is -2.34. The van der Waals surface area contributed by atoms with Gasteiger partial charge in [-0.3, -0.25) is 9.59 Å². The molecule has 0 aliphatic carbocycles. The summed E-state index contributed by atoms with van der Waals surface area (Å²) in [7, 11) is 0. The Morgan fingerprint density at radius 1 is 1.35 bits per heavy atom. The summed E-state index contributed by atoms with van der Waals surface area (Å²) in [6, 6.07) is -0.340. The maximum Gasteiger partial charge on any atom is 0.245 e. The van der Waals surface area contributed by atoms with Crippen molar-refractivity contribution in [1.82, 2.24) is 10.2 Å². The van der Waals surface area contributed by atoms with Gasteiger partial charge < -0.3 is 15.0 Å². The normalized spacial score (nSPS) is 21.9. The number of hydrogen-bond acceptors (Lipinski definition) is 3. The summed E-state index contributed by atoms with van der Waals surface area (Å²) in [5, 5.41) is 2.84. The van der Waals surface area contributed by atoms with Crippen molar-refractivity contribution in [2.45, 2.75) is 59.0 Å². The Morgan fingerprint density at radius 2 is 2.05 bits per heavy atom. The van der Waals surface area contributed by atoms with Crippen molar-refractivity contribution in [3.8, 4) is 0 Å². The van der Waals surface area contributed by atoms with Gasteiger partial charge in [0.15, 0.2) is 0 Å². The van der Waals surface area contributed by atoms with E-state index in [9.17, 15) is 9.59 Å². The molecule has 0 bridgehead atoms. The highest BCUT2D eigenvalue weighted by Gasteiger charge is 2.34. The topological polar surface area (TPSA) is 58.6 Å². The van der Waals surface area contributed by atoms with Gasteiger partial charge in [-0.05, 0) is 19.3 Å². The van der Waals surface area contributed by atoms with Gasteiger partial charge in [0.1, 0.15) is 6.04 Å². The Labute approximate surface area is 122 Å². The highest BCUT2D eigenvalue weighted by molar-refractivity contribution is 5.90. The smallest absolute Gasteiger partial charge is 0.245 e. The maximum absolute atomic E-state index is 12.6. The van der Waals surface area contributed by atoms with Crippen LogP contribution in [-0.4, -0.2) is 48.6 Å². The third-order valence-corrected chi connectivity index (χ3v) is 3.74. The van der Waals surface area contributed by atoms with Crippen LogP contribution in [0.15, 0.2) is 0 Å². The van der Waals surface area contributed by atoms with E-state index in [2.05, 4.69) is 19.2 Å². The van der Waals surface area contributed by atoms with E-state index in [1.165, 1.54) is 0 Å². The van der Waals surface area contributed by atoms with Crippen LogP contribution in [0, 0.1) is 5.92 Å². The molecule has 1 rings (SSSR count). The lowest BCUT2D eigenvalue weighted by atomic mass is 10.0. The predicted octanol–water partition coefficient (Wildman–Crippen LogP) is 1.56. The predicted molar refractivity (Wildman–Crippen MR) is 78.3 cm³/mol. The van der Waals surface area contributed by atoms with E-state index in [1.807, 2.05) is 18.7 Å². The van der Waals surface area contributed by atoms with Gasteiger partial charge in [-0.25, -0.2) is 0 Å². The molecule has 0 radical (unpaired) electrons. The molecule has 1 fully saturated rings. The van der Waals surface area contributed by atoms with Gasteiger partial charge >= 0.3 is 0 Å². The van der Waals surface area contributed by atoms with Crippen LogP contribution in [-0.2, 0) is 14.3 Å².